The SMILES string of the molecule is COc1ccccc1[C@H]1CC(=O)Oc2c(/C=C/c3ccccc3)c(OC)cc(OC)c21. The summed E-state index contributed by atoms with van der Waals surface area (Å²) in [6.07, 6.45) is 4.06. The van der Waals surface area contributed by atoms with Crippen LogP contribution in [0.25, 0.3) is 12.2 Å². The molecule has 0 spiro atoms. The Kier molecular flexibility index (Phi) is 5.94. The van der Waals surface area contributed by atoms with Crippen LogP contribution in [0, 0.1) is 0 Å². The van der Waals surface area contributed by atoms with E-state index in [9.17, 15) is 4.79 Å². The summed E-state index contributed by atoms with van der Waals surface area (Å²) in [6.45, 7) is 0. The van der Waals surface area contributed by atoms with Crippen LogP contribution in [0.15, 0.2) is 60.7 Å². The molecule has 1 atom stereocenters. The van der Waals surface area contributed by atoms with E-state index in [1.54, 1.807) is 21.3 Å². The van der Waals surface area contributed by atoms with Gasteiger partial charge in [0.05, 0.1) is 33.3 Å². The molecule has 1 aliphatic rings. The second kappa shape index (κ2) is 8.96. The van der Waals surface area contributed by atoms with Gasteiger partial charge in [0.2, 0.25) is 0 Å². The van der Waals surface area contributed by atoms with Crippen molar-refractivity contribution < 1.29 is 23.7 Å². The normalized spacial score (nSPS) is 15.3. The van der Waals surface area contributed by atoms with E-state index in [1.165, 1.54) is 0 Å². The van der Waals surface area contributed by atoms with Gasteiger partial charge in [-0.15, -0.1) is 0 Å². The Labute approximate surface area is 181 Å². The van der Waals surface area contributed by atoms with Gasteiger partial charge in [-0.1, -0.05) is 54.6 Å². The van der Waals surface area contributed by atoms with Crippen molar-refractivity contribution in [1.29, 1.82) is 0 Å². The molecular formula is C26H24O5. The zero-order chi connectivity index (χ0) is 21.8. The van der Waals surface area contributed by atoms with Crippen molar-refractivity contribution in [2.24, 2.45) is 0 Å². The number of methoxy groups -OCH3 is 3. The second-order valence-corrected chi connectivity index (χ2v) is 7.15. The number of ether oxygens (including phenoxy) is 4. The van der Waals surface area contributed by atoms with E-state index >= 15 is 0 Å². The Morgan fingerprint density at radius 3 is 2.23 bits per heavy atom. The molecule has 0 amide bonds. The number of esters is 1. The van der Waals surface area contributed by atoms with Crippen LogP contribution in [0.2, 0.25) is 0 Å². The van der Waals surface area contributed by atoms with Gasteiger partial charge >= 0.3 is 5.97 Å². The quantitative estimate of drug-likeness (QED) is 0.309. The lowest BCUT2D eigenvalue weighted by molar-refractivity contribution is -0.135. The monoisotopic (exact) mass is 416 g/mol. The van der Waals surface area contributed by atoms with Crippen LogP contribution in [0.1, 0.15) is 34.6 Å². The molecule has 0 bridgehead atoms. The summed E-state index contributed by atoms with van der Waals surface area (Å²) in [5, 5.41) is 0. The summed E-state index contributed by atoms with van der Waals surface area (Å²) in [5.74, 6) is 1.76. The zero-order valence-corrected chi connectivity index (χ0v) is 17.8. The van der Waals surface area contributed by atoms with E-state index in [4.69, 9.17) is 18.9 Å². The number of carbonyl (C=O) groups excluding carboxylic acids is 1. The number of hydrogen-bond acceptors (Lipinski definition) is 5. The molecule has 1 heterocycles. The Hall–Kier alpha value is -3.73. The molecule has 0 aromatic heterocycles. The van der Waals surface area contributed by atoms with Gasteiger partial charge in [0.15, 0.2) is 0 Å². The van der Waals surface area contributed by atoms with Crippen LogP contribution in [0.5, 0.6) is 23.0 Å². The van der Waals surface area contributed by atoms with Crippen molar-refractivity contribution in [2.45, 2.75) is 12.3 Å². The zero-order valence-electron chi connectivity index (χ0n) is 17.8. The Bertz CT molecular complexity index is 1120. The summed E-state index contributed by atoms with van der Waals surface area (Å²) < 4.78 is 22.7. The van der Waals surface area contributed by atoms with E-state index in [0.29, 0.717) is 28.6 Å². The Morgan fingerprint density at radius 1 is 0.839 bits per heavy atom. The fourth-order valence-corrected chi connectivity index (χ4v) is 3.97. The molecule has 0 fully saturated rings. The van der Waals surface area contributed by atoms with Crippen molar-refractivity contribution >= 4 is 18.1 Å². The van der Waals surface area contributed by atoms with Crippen LogP contribution < -0.4 is 18.9 Å². The number of carbonyl (C=O) groups is 1. The topological polar surface area (TPSA) is 54.0 Å². The summed E-state index contributed by atoms with van der Waals surface area (Å²) >= 11 is 0. The van der Waals surface area contributed by atoms with Gasteiger partial charge in [0.25, 0.3) is 0 Å². The number of benzene rings is 3. The largest absolute Gasteiger partial charge is 0.496 e. The number of para-hydroxylation sites is 1. The Morgan fingerprint density at radius 2 is 1.52 bits per heavy atom. The van der Waals surface area contributed by atoms with Crippen LogP contribution in [-0.2, 0) is 4.79 Å². The molecule has 0 unspecified atom stereocenters. The Balaban J connectivity index is 1.93. The molecule has 158 valence electrons. The fourth-order valence-electron chi connectivity index (χ4n) is 3.97. The minimum Gasteiger partial charge on any atom is -0.496 e. The molecule has 0 radical (unpaired) electrons. The predicted molar refractivity (Wildman–Crippen MR) is 120 cm³/mol. The standard InChI is InChI=1S/C26H24O5/c1-28-21-12-8-7-11-18(21)20-15-24(27)31-26-19(14-13-17-9-5-4-6-10-17)22(29-2)16-23(30-3)25(20)26/h4-14,16,20H,15H2,1-3H3/b14-13+/t20-/m1/s1. The molecule has 5 heteroatoms. The van der Waals surface area contributed by atoms with Crippen molar-refractivity contribution in [2.75, 3.05) is 21.3 Å². The van der Waals surface area contributed by atoms with Crippen LogP contribution in [-0.4, -0.2) is 27.3 Å². The number of fused-ring (bicyclic) bond motifs is 1. The van der Waals surface area contributed by atoms with Crippen LogP contribution >= 0.6 is 0 Å². The van der Waals surface area contributed by atoms with Crippen molar-refractivity contribution in [3.05, 3.63) is 82.9 Å². The van der Waals surface area contributed by atoms with Crippen molar-refractivity contribution in [3.8, 4) is 23.0 Å². The van der Waals surface area contributed by atoms with Gasteiger partial charge in [0.1, 0.15) is 23.0 Å². The average Bonchev–Trinajstić information content (AvgIpc) is 2.82. The minimum atomic E-state index is -0.312. The highest BCUT2D eigenvalue weighted by Gasteiger charge is 2.35. The predicted octanol–water partition coefficient (Wildman–Crippen LogP) is 5.32. The van der Waals surface area contributed by atoms with E-state index in [1.807, 2.05) is 72.8 Å². The summed E-state index contributed by atoms with van der Waals surface area (Å²) in [5.41, 5.74) is 3.43. The maximum Gasteiger partial charge on any atom is 0.312 e. The van der Waals surface area contributed by atoms with Gasteiger partial charge < -0.3 is 18.9 Å². The molecule has 0 saturated carbocycles. The van der Waals surface area contributed by atoms with E-state index < -0.39 is 0 Å². The molecule has 0 saturated heterocycles. The number of hydrogen-bond donors (Lipinski definition) is 0. The maximum atomic E-state index is 12.7. The van der Waals surface area contributed by atoms with Gasteiger partial charge in [0, 0.05) is 23.1 Å². The molecule has 0 aliphatic carbocycles. The third-order valence-electron chi connectivity index (χ3n) is 5.41. The molecule has 0 N–H and O–H groups in total. The molecule has 5 nitrogen and oxygen atoms in total. The molecule has 1 aliphatic heterocycles. The van der Waals surface area contributed by atoms with Crippen LogP contribution in [0.3, 0.4) is 0 Å². The first-order valence-corrected chi connectivity index (χ1v) is 10.0. The second-order valence-electron chi connectivity index (χ2n) is 7.15. The highest BCUT2D eigenvalue weighted by molar-refractivity contribution is 5.86. The minimum absolute atomic E-state index is 0.192. The molecule has 31 heavy (non-hydrogen) atoms. The van der Waals surface area contributed by atoms with E-state index in [2.05, 4.69) is 0 Å². The maximum absolute atomic E-state index is 12.7. The van der Waals surface area contributed by atoms with Gasteiger partial charge in [-0.05, 0) is 17.7 Å². The average molecular weight is 416 g/mol. The first-order valence-electron chi connectivity index (χ1n) is 10.0. The summed E-state index contributed by atoms with van der Waals surface area (Å²) in [6, 6.07) is 19.4. The number of rotatable bonds is 6. The highest BCUT2D eigenvalue weighted by atomic mass is 16.5. The summed E-state index contributed by atoms with van der Waals surface area (Å²) in [7, 11) is 4.81. The third-order valence-corrected chi connectivity index (χ3v) is 5.41. The van der Waals surface area contributed by atoms with Gasteiger partial charge in [-0.3, -0.25) is 4.79 Å². The first kappa shape index (κ1) is 20.5. The summed E-state index contributed by atoms with van der Waals surface area (Å²) in [4.78, 5) is 12.7. The molecule has 3 aromatic rings. The van der Waals surface area contributed by atoms with Gasteiger partial charge in [-0.2, -0.15) is 0 Å². The van der Waals surface area contributed by atoms with Gasteiger partial charge in [-0.25, -0.2) is 0 Å². The smallest absolute Gasteiger partial charge is 0.312 e. The van der Waals surface area contributed by atoms with E-state index in [-0.39, 0.29) is 18.3 Å². The molecule has 3 aromatic carbocycles. The molecular weight excluding hydrogens is 392 g/mol. The van der Waals surface area contributed by atoms with Crippen molar-refractivity contribution in [3.63, 3.8) is 0 Å². The first-order chi connectivity index (χ1) is 15.2. The third kappa shape index (κ3) is 3.99. The van der Waals surface area contributed by atoms with Crippen molar-refractivity contribution in [1.82, 2.24) is 0 Å². The fraction of sp³-hybridized carbons (Fsp3) is 0.192. The van der Waals surface area contributed by atoms with E-state index in [0.717, 1.165) is 16.7 Å². The lowest BCUT2D eigenvalue weighted by atomic mass is 9.83. The highest BCUT2D eigenvalue weighted by Crippen LogP contribution is 2.51. The lowest BCUT2D eigenvalue weighted by Crippen LogP contribution is -2.23. The molecule has 4 rings (SSSR count). The lowest BCUT2D eigenvalue weighted by Gasteiger charge is -2.29. The van der Waals surface area contributed by atoms with Crippen LogP contribution in [0.4, 0.5) is 0 Å².